The SMILES string of the molecule is CCCCCCCCCCCCCCCCCC(C#N)Oc1ccc(-c2cc(OC)ccc2OC)cc1. The fourth-order valence-corrected chi connectivity index (χ4v) is 4.77. The number of ether oxygens (including phenoxy) is 3. The largest absolute Gasteiger partial charge is 0.497 e. The second kappa shape index (κ2) is 19.4. The molecule has 0 fully saturated rings. The molecule has 4 heteroatoms. The lowest BCUT2D eigenvalue weighted by Crippen LogP contribution is -2.13. The van der Waals surface area contributed by atoms with Crippen molar-refractivity contribution in [2.45, 2.75) is 116 Å². The van der Waals surface area contributed by atoms with Gasteiger partial charge in [-0.3, -0.25) is 0 Å². The summed E-state index contributed by atoms with van der Waals surface area (Å²) in [6.07, 6.45) is 20.5. The zero-order valence-corrected chi connectivity index (χ0v) is 23.6. The fraction of sp³-hybridized carbons (Fsp3) is 0.606. The molecule has 0 N–H and O–H groups in total. The van der Waals surface area contributed by atoms with Crippen molar-refractivity contribution < 1.29 is 14.2 Å². The average molecular weight is 508 g/mol. The summed E-state index contributed by atoms with van der Waals surface area (Å²) in [5.41, 5.74) is 1.97. The predicted molar refractivity (Wildman–Crippen MR) is 155 cm³/mol. The number of rotatable bonds is 21. The van der Waals surface area contributed by atoms with Crippen molar-refractivity contribution >= 4 is 0 Å². The minimum atomic E-state index is -0.404. The molecule has 0 aliphatic rings. The molecule has 2 aromatic carbocycles. The first-order chi connectivity index (χ1) is 18.2. The summed E-state index contributed by atoms with van der Waals surface area (Å²) in [4.78, 5) is 0. The van der Waals surface area contributed by atoms with Gasteiger partial charge in [0.2, 0.25) is 0 Å². The molecule has 0 heterocycles. The summed E-state index contributed by atoms with van der Waals surface area (Å²) in [5, 5.41) is 9.56. The van der Waals surface area contributed by atoms with Gasteiger partial charge in [0, 0.05) is 5.56 Å². The Balaban J connectivity index is 1.58. The molecular weight excluding hydrogens is 458 g/mol. The van der Waals surface area contributed by atoms with Crippen LogP contribution in [0.5, 0.6) is 17.2 Å². The van der Waals surface area contributed by atoms with Crippen molar-refractivity contribution in [3.63, 3.8) is 0 Å². The smallest absolute Gasteiger partial charge is 0.184 e. The van der Waals surface area contributed by atoms with Crippen LogP contribution in [0.25, 0.3) is 11.1 Å². The lowest BCUT2D eigenvalue weighted by molar-refractivity contribution is 0.240. The van der Waals surface area contributed by atoms with Crippen LogP contribution in [0.2, 0.25) is 0 Å². The lowest BCUT2D eigenvalue weighted by atomic mass is 10.0. The number of unbranched alkanes of at least 4 members (excludes halogenated alkanes) is 14. The third kappa shape index (κ3) is 12.4. The number of benzene rings is 2. The third-order valence-electron chi connectivity index (χ3n) is 7.06. The van der Waals surface area contributed by atoms with Gasteiger partial charge in [-0.05, 0) is 48.7 Å². The molecule has 0 radical (unpaired) electrons. The first-order valence-corrected chi connectivity index (χ1v) is 14.6. The van der Waals surface area contributed by atoms with Crippen molar-refractivity contribution in [1.29, 1.82) is 5.26 Å². The first kappa shape index (κ1) is 30.6. The Morgan fingerprint density at radius 2 is 1.16 bits per heavy atom. The van der Waals surface area contributed by atoms with Crippen LogP contribution in [0.1, 0.15) is 110 Å². The van der Waals surface area contributed by atoms with Crippen LogP contribution < -0.4 is 14.2 Å². The summed E-state index contributed by atoms with van der Waals surface area (Å²) < 4.78 is 16.8. The Morgan fingerprint density at radius 1 is 0.649 bits per heavy atom. The maximum atomic E-state index is 9.56. The molecule has 0 spiro atoms. The molecule has 37 heavy (non-hydrogen) atoms. The van der Waals surface area contributed by atoms with Gasteiger partial charge in [-0.2, -0.15) is 5.26 Å². The summed E-state index contributed by atoms with van der Waals surface area (Å²) in [6, 6.07) is 15.9. The van der Waals surface area contributed by atoms with Crippen molar-refractivity contribution in [3.8, 4) is 34.4 Å². The van der Waals surface area contributed by atoms with E-state index in [4.69, 9.17) is 14.2 Å². The van der Waals surface area contributed by atoms with Crippen LogP contribution in [0.15, 0.2) is 42.5 Å². The van der Waals surface area contributed by atoms with Crippen molar-refractivity contribution in [3.05, 3.63) is 42.5 Å². The Morgan fingerprint density at radius 3 is 1.65 bits per heavy atom. The van der Waals surface area contributed by atoms with Gasteiger partial charge in [-0.1, -0.05) is 109 Å². The maximum absolute atomic E-state index is 9.56. The van der Waals surface area contributed by atoms with Crippen LogP contribution in [-0.4, -0.2) is 20.3 Å². The number of methoxy groups -OCH3 is 2. The quantitative estimate of drug-likeness (QED) is 0.158. The molecule has 0 aliphatic carbocycles. The van der Waals surface area contributed by atoms with Gasteiger partial charge in [0.25, 0.3) is 0 Å². The van der Waals surface area contributed by atoms with Gasteiger partial charge in [0.1, 0.15) is 23.3 Å². The van der Waals surface area contributed by atoms with E-state index in [1.807, 2.05) is 42.5 Å². The van der Waals surface area contributed by atoms with Crippen LogP contribution in [0.3, 0.4) is 0 Å². The highest BCUT2D eigenvalue weighted by Gasteiger charge is 2.11. The topological polar surface area (TPSA) is 51.5 Å². The molecular formula is C33H49NO3. The van der Waals surface area contributed by atoms with Gasteiger partial charge < -0.3 is 14.2 Å². The number of hydrogen-bond acceptors (Lipinski definition) is 4. The molecule has 0 amide bonds. The molecule has 0 bridgehead atoms. The molecule has 0 saturated heterocycles. The van der Waals surface area contributed by atoms with Crippen LogP contribution in [0, 0.1) is 11.3 Å². The zero-order chi connectivity index (χ0) is 26.6. The number of nitrogens with zero attached hydrogens (tertiary/aromatic N) is 1. The standard InChI is InChI=1S/C33H49NO3/c1-4-5-6-7-8-9-10-11-12-13-14-15-16-17-18-19-31(27-34)37-29-22-20-28(21-23-29)32-26-30(35-2)24-25-33(32)36-3/h20-26,31H,4-19H2,1-3H3. The fourth-order valence-electron chi connectivity index (χ4n) is 4.77. The van der Waals surface area contributed by atoms with Crippen LogP contribution in [-0.2, 0) is 0 Å². The normalized spacial score (nSPS) is 11.6. The zero-order valence-electron chi connectivity index (χ0n) is 23.6. The van der Waals surface area contributed by atoms with E-state index in [1.165, 1.54) is 89.9 Å². The predicted octanol–water partition coefficient (Wildman–Crippen LogP) is 9.90. The first-order valence-electron chi connectivity index (χ1n) is 14.6. The monoisotopic (exact) mass is 507 g/mol. The number of nitriles is 1. The minimum Gasteiger partial charge on any atom is -0.497 e. The molecule has 0 aliphatic heterocycles. The van der Waals surface area contributed by atoms with E-state index in [0.29, 0.717) is 0 Å². The Kier molecular flexibility index (Phi) is 16.1. The molecule has 1 atom stereocenters. The van der Waals surface area contributed by atoms with E-state index in [-0.39, 0.29) is 0 Å². The molecule has 204 valence electrons. The molecule has 1 unspecified atom stereocenters. The van der Waals surface area contributed by atoms with Gasteiger partial charge in [-0.15, -0.1) is 0 Å². The highest BCUT2D eigenvalue weighted by molar-refractivity contribution is 5.72. The summed E-state index contributed by atoms with van der Waals surface area (Å²) in [6.45, 7) is 2.28. The van der Waals surface area contributed by atoms with Crippen LogP contribution in [0.4, 0.5) is 0 Å². The third-order valence-corrected chi connectivity index (χ3v) is 7.06. The van der Waals surface area contributed by atoms with Crippen molar-refractivity contribution in [2.75, 3.05) is 14.2 Å². The van der Waals surface area contributed by atoms with E-state index in [9.17, 15) is 5.26 Å². The average Bonchev–Trinajstić information content (AvgIpc) is 2.94. The molecule has 0 saturated carbocycles. The van der Waals surface area contributed by atoms with E-state index in [2.05, 4.69) is 13.0 Å². The van der Waals surface area contributed by atoms with Crippen molar-refractivity contribution in [2.24, 2.45) is 0 Å². The summed E-state index contributed by atoms with van der Waals surface area (Å²) in [5.74, 6) is 2.29. The second-order valence-electron chi connectivity index (χ2n) is 10.1. The van der Waals surface area contributed by atoms with Gasteiger partial charge in [0.05, 0.1) is 14.2 Å². The number of hydrogen-bond donors (Lipinski definition) is 0. The lowest BCUT2D eigenvalue weighted by Gasteiger charge is -2.14. The summed E-state index contributed by atoms with van der Waals surface area (Å²) in [7, 11) is 3.32. The van der Waals surface area contributed by atoms with E-state index < -0.39 is 6.10 Å². The molecule has 2 aromatic rings. The molecule has 2 rings (SSSR count). The molecule has 0 aromatic heterocycles. The Bertz CT molecular complexity index is 887. The molecule has 4 nitrogen and oxygen atoms in total. The van der Waals surface area contributed by atoms with Gasteiger partial charge in [0.15, 0.2) is 6.10 Å². The minimum absolute atomic E-state index is 0.404. The van der Waals surface area contributed by atoms with Gasteiger partial charge >= 0.3 is 0 Å². The van der Waals surface area contributed by atoms with Crippen LogP contribution >= 0.6 is 0 Å². The second-order valence-corrected chi connectivity index (χ2v) is 10.1. The van der Waals surface area contributed by atoms with E-state index >= 15 is 0 Å². The van der Waals surface area contributed by atoms with E-state index in [1.54, 1.807) is 14.2 Å². The highest BCUT2D eigenvalue weighted by Crippen LogP contribution is 2.34. The van der Waals surface area contributed by atoms with E-state index in [0.717, 1.165) is 41.2 Å². The Labute approximate surface area is 226 Å². The Hall–Kier alpha value is -2.67. The maximum Gasteiger partial charge on any atom is 0.184 e. The summed E-state index contributed by atoms with van der Waals surface area (Å²) >= 11 is 0. The van der Waals surface area contributed by atoms with Crippen molar-refractivity contribution in [1.82, 2.24) is 0 Å². The highest BCUT2D eigenvalue weighted by atomic mass is 16.5. The van der Waals surface area contributed by atoms with Gasteiger partial charge in [-0.25, -0.2) is 0 Å².